The molecule has 1 fully saturated rings. The van der Waals surface area contributed by atoms with Crippen molar-refractivity contribution in [2.75, 3.05) is 13.2 Å². The zero-order chi connectivity index (χ0) is 56.1. The van der Waals surface area contributed by atoms with Gasteiger partial charge in [-0.15, -0.1) is 0 Å². The summed E-state index contributed by atoms with van der Waals surface area (Å²) in [5, 5.41) is 31.5. The van der Waals surface area contributed by atoms with E-state index in [0.29, 0.717) is 19.3 Å². The molecule has 1 aliphatic rings. The topological polar surface area (TPSA) is 175 Å². The number of hydrogen-bond donors (Lipinski definition) is 3. The van der Waals surface area contributed by atoms with E-state index in [0.717, 1.165) is 141 Å². The number of unbranched alkanes of at least 4 members (excludes halogenated alkanes) is 17. The molecule has 0 aromatic carbocycles. The van der Waals surface area contributed by atoms with Crippen LogP contribution in [-0.4, -0.2) is 89.2 Å². The molecule has 1 rings (SSSR count). The minimum atomic E-state index is -1.92. The van der Waals surface area contributed by atoms with Crippen LogP contribution < -0.4 is 0 Å². The Kier molecular flexibility index (Phi) is 47.6. The quantitative estimate of drug-likeness (QED) is 0.0228. The lowest BCUT2D eigenvalue weighted by molar-refractivity contribution is -0.301. The average Bonchev–Trinajstić information content (AvgIpc) is 3.41. The molecule has 1 saturated heterocycles. The summed E-state index contributed by atoms with van der Waals surface area (Å²) in [7, 11) is 0. The van der Waals surface area contributed by atoms with Crippen LogP contribution in [0.2, 0.25) is 0 Å². The maximum atomic E-state index is 13.1. The first-order valence-corrected chi connectivity index (χ1v) is 29.9. The number of carboxylic acids is 1. The Hall–Kier alpha value is -4.62. The third-order valence-electron chi connectivity index (χ3n) is 12.8. The van der Waals surface area contributed by atoms with Gasteiger partial charge in [-0.05, 0) is 122 Å². The first-order valence-electron chi connectivity index (χ1n) is 29.9. The lowest BCUT2D eigenvalue weighted by Crippen LogP contribution is -2.61. The van der Waals surface area contributed by atoms with Crippen molar-refractivity contribution >= 4 is 23.9 Å². The first kappa shape index (κ1) is 70.4. The molecule has 0 bridgehead atoms. The van der Waals surface area contributed by atoms with Crippen LogP contribution in [0.5, 0.6) is 0 Å². The van der Waals surface area contributed by atoms with E-state index in [-0.39, 0.29) is 25.9 Å². The van der Waals surface area contributed by atoms with Crippen molar-refractivity contribution in [2.24, 2.45) is 0 Å². The fourth-order valence-electron chi connectivity index (χ4n) is 8.23. The number of aliphatic hydroxyl groups excluding tert-OH is 2. The highest BCUT2D eigenvalue weighted by molar-refractivity contribution is 5.74. The molecule has 0 amide bonds. The second kappa shape index (κ2) is 52.1. The molecule has 0 aromatic rings. The normalized spacial score (nSPS) is 18.8. The van der Waals surface area contributed by atoms with Crippen LogP contribution in [-0.2, 0) is 42.9 Å². The molecule has 6 atom stereocenters. The predicted molar refractivity (Wildman–Crippen MR) is 312 cm³/mol. The number of carboxylic acid groups (broad SMARTS) is 1. The molecule has 12 nitrogen and oxygen atoms in total. The number of allylic oxidation sites excluding steroid dienone is 18. The number of rotatable bonds is 49. The maximum absolute atomic E-state index is 13.1. The number of carbonyl (C=O) groups excluding carboxylic acids is 3. The van der Waals surface area contributed by atoms with Crippen LogP contribution in [0.3, 0.4) is 0 Å². The van der Waals surface area contributed by atoms with Crippen molar-refractivity contribution in [1.82, 2.24) is 0 Å². The second-order valence-electron chi connectivity index (χ2n) is 19.9. The largest absolute Gasteiger partial charge is 0.479 e. The lowest BCUT2D eigenvalue weighted by Gasteiger charge is -2.40. The van der Waals surface area contributed by atoms with Gasteiger partial charge in [-0.2, -0.15) is 0 Å². The first-order chi connectivity index (χ1) is 37.6. The van der Waals surface area contributed by atoms with E-state index >= 15 is 0 Å². The van der Waals surface area contributed by atoms with Crippen LogP contribution >= 0.6 is 0 Å². The Labute approximate surface area is 465 Å². The summed E-state index contributed by atoms with van der Waals surface area (Å²) in [4.78, 5) is 51.1. The summed E-state index contributed by atoms with van der Waals surface area (Å²) < 4.78 is 28.4. The van der Waals surface area contributed by atoms with Gasteiger partial charge in [0.1, 0.15) is 18.8 Å². The molecule has 0 saturated carbocycles. The van der Waals surface area contributed by atoms with Crippen LogP contribution in [0.1, 0.15) is 226 Å². The number of carbonyl (C=O) groups is 4. The minimum Gasteiger partial charge on any atom is -0.479 e. The van der Waals surface area contributed by atoms with Crippen molar-refractivity contribution < 1.29 is 58.2 Å². The number of aliphatic carboxylic acids is 1. The summed E-state index contributed by atoms with van der Waals surface area (Å²) in [6.07, 6.45) is 57.7. The summed E-state index contributed by atoms with van der Waals surface area (Å²) in [5.41, 5.74) is 0. The third-order valence-corrected chi connectivity index (χ3v) is 12.8. The Morgan fingerprint density at radius 3 is 1.32 bits per heavy atom. The SMILES string of the molecule is CC/C=C\C/C=C\C/C=C\C/C=C\CCCCC(=O)OC(COC(=O)CCCCCCCC/C=C\C/C=C\C/C=C\CCCCC)COC1OC(C(=O)O)C(O)C(O)C1OC(=O)CCCCCCC/C=C\C/C=C\CCC. The molecule has 0 radical (unpaired) electrons. The van der Waals surface area contributed by atoms with Gasteiger partial charge < -0.3 is 39.0 Å². The van der Waals surface area contributed by atoms with Gasteiger partial charge in [0, 0.05) is 19.3 Å². The minimum absolute atomic E-state index is 0.0324. The lowest BCUT2D eigenvalue weighted by atomic mass is 9.98. The highest BCUT2D eigenvalue weighted by Crippen LogP contribution is 2.26. The zero-order valence-corrected chi connectivity index (χ0v) is 47.9. The number of hydrogen-bond acceptors (Lipinski definition) is 11. The van der Waals surface area contributed by atoms with Crippen molar-refractivity contribution in [3.63, 3.8) is 0 Å². The van der Waals surface area contributed by atoms with Crippen LogP contribution in [0.15, 0.2) is 109 Å². The number of aliphatic hydroxyl groups is 2. The molecule has 1 heterocycles. The second-order valence-corrected chi connectivity index (χ2v) is 19.9. The molecule has 436 valence electrons. The van der Waals surface area contributed by atoms with Gasteiger partial charge in [0.25, 0.3) is 0 Å². The highest BCUT2D eigenvalue weighted by Gasteiger charge is 2.50. The summed E-state index contributed by atoms with van der Waals surface area (Å²) in [6, 6.07) is 0. The van der Waals surface area contributed by atoms with Gasteiger partial charge in [0.2, 0.25) is 0 Å². The van der Waals surface area contributed by atoms with Crippen molar-refractivity contribution in [3.8, 4) is 0 Å². The van der Waals surface area contributed by atoms with Gasteiger partial charge in [-0.25, -0.2) is 4.79 Å². The van der Waals surface area contributed by atoms with E-state index in [2.05, 4.69) is 130 Å². The molecule has 77 heavy (non-hydrogen) atoms. The molecular weight excluding hydrogens is 973 g/mol. The standard InChI is InChI=1S/C65H104O12/c1-4-7-10-13-16-19-22-25-27-28-29-30-32-34-36-39-42-45-48-51-57(66)73-54-56(75-58(67)52-49-46-43-40-38-35-31-26-23-20-17-14-11-8-5-2)55-74-65-63(61(70)60(69)62(77-65)64(71)72)76-59(68)53-50-47-44-41-37-33-24-21-18-15-12-9-6-3/h8,11-12,15-17,19-21,24-27,29-31,38,40,56,60-63,65,69-70H,4-7,9-10,13-14,18,22-23,28,32-37,39,41-55H2,1-3H3,(H,71,72)/b11-8-,15-12-,19-16-,20-17-,24-21-,27-25-,30-29-,31-26-,40-38-. The Morgan fingerprint density at radius 1 is 0.442 bits per heavy atom. The summed E-state index contributed by atoms with van der Waals surface area (Å²) in [5.74, 6) is -3.23. The summed E-state index contributed by atoms with van der Waals surface area (Å²) in [6.45, 7) is 5.72. The van der Waals surface area contributed by atoms with Crippen LogP contribution in [0.4, 0.5) is 0 Å². The third kappa shape index (κ3) is 42.1. The molecule has 12 heteroatoms. The van der Waals surface area contributed by atoms with E-state index in [9.17, 15) is 34.5 Å². The van der Waals surface area contributed by atoms with Gasteiger partial charge in [0.05, 0.1) is 6.61 Å². The highest BCUT2D eigenvalue weighted by atomic mass is 16.7. The molecule has 3 N–H and O–H groups in total. The molecule has 6 unspecified atom stereocenters. The number of esters is 3. The Morgan fingerprint density at radius 2 is 0.844 bits per heavy atom. The molecule has 0 aromatic heterocycles. The van der Waals surface area contributed by atoms with Crippen LogP contribution in [0.25, 0.3) is 0 Å². The zero-order valence-electron chi connectivity index (χ0n) is 47.9. The van der Waals surface area contributed by atoms with Crippen molar-refractivity contribution in [2.45, 2.75) is 263 Å². The predicted octanol–water partition coefficient (Wildman–Crippen LogP) is 15.4. The van der Waals surface area contributed by atoms with Gasteiger partial charge in [0.15, 0.2) is 24.6 Å². The van der Waals surface area contributed by atoms with E-state index in [4.69, 9.17) is 23.7 Å². The maximum Gasteiger partial charge on any atom is 0.335 e. The smallest absolute Gasteiger partial charge is 0.335 e. The van der Waals surface area contributed by atoms with Gasteiger partial charge in [-0.3, -0.25) is 14.4 Å². The average molecular weight is 1080 g/mol. The van der Waals surface area contributed by atoms with E-state index < -0.39 is 67.3 Å². The Balaban J connectivity index is 2.73. The molecule has 1 aliphatic heterocycles. The number of ether oxygens (including phenoxy) is 5. The van der Waals surface area contributed by atoms with E-state index in [1.165, 1.54) is 25.7 Å². The fourth-order valence-corrected chi connectivity index (χ4v) is 8.23. The monoisotopic (exact) mass is 1080 g/mol. The Bertz CT molecular complexity index is 1750. The van der Waals surface area contributed by atoms with Gasteiger partial charge >= 0.3 is 23.9 Å². The van der Waals surface area contributed by atoms with Crippen molar-refractivity contribution in [1.29, 1.82) is 0 Å². The van der Waals surface area contributed by atoms with Crippen molar-refractivity contribution in [3.05, 3.63) is 109 Å². The molecule has 0 spiro atoms. The van der Waals surface area contributed by atoms with E-state index in [1.54, 1.807) is 0 Å². The van der Waals surface area contributed by atoms with Gasteiger partial charge in [-0.1, -0.05) is 194 Å². The van der Waals surface area contributed by atoms with E-state index in [1.807, 2.05) is 0 Å². The molecule has 0 aliphatic carbocycles. The fraction of sp³-hybridized carbons (Fsp3) is 0.662. The van der Waals surface area contributed by atoms with Crippen LogP contribution in [0, 0.1) is 0 Å². The molecular formula is C65H104O12. The summed E-state index contributed by atoms with van der Waals surface area (Å²) >= 11 is 0.